The first-order valence-corrected chi connectivity index (χ1v) is 9.05. The Morgan fingerprint density at radius 1 is 1.17 bits per heavy atom. The summed E-state index contributed by atoms with van der Waals surface area (Å²) in [4.78, 5) is 17.2. The Kier molecular flexibility index (Phi) is 5.03. The van der Waals surface area contributed by atoms with Crippen LogP contribution in [-0.2, 0) is 0 Å². The van der Waals surface area contributed by atoms with Crippen molar-refractivity contribution in [2.24, 2.45) is 0 Å². The summed E-state index contributed by atoms with van der Waals surface area (Å²) >= 11 is 0. The number of benzene rings is 2. The summed E-state index contributed by atoms with van der Waals surface area (Å²) in [5.41, 5.74) is 3.26. The Morgan fingerprint density at radius 3 is 2.79 bits per heavy atom. The van der Waals surface area contributed by atoms with E-state index in [2.05, 4.69) is 20.6 Å². The number of fused-ring (bicyclic) bond motifs is 1. The van der Waals surface area contributed by atoms with Crippen molar-refractivity contribution in [2.75, 3.05) is 11.9 Å². The second kappa shape index (κ2) is 7.78. The topological polar surface area (TPSA) is 113 Å². The number of carbonyl (C=O) groups excluding carboxylic acids is 1. The lowest BCUT2D eigenvalue weighted by molar-refractivity contribution is 0.0956. The van der Waals surface area contributed by atoms with Gasteiger partial charge in [-0.15, -0.1) is 5.10 Å². The Hall–Kier alpha value is -3.62. The first-order chi connectivity index (χ1) is 14.1. The fourth-order valence-electron chi connectivity index (χ4n) is 3.15. The zero-order valence-electron chi connectivity index (χ0n) is 15.6. The van der Waals surface area contributed by atoms with Gasteiger partial charge in [-0.25, -0.2) is 4.68 Å². The van der Waals surface area contributed by atoms with Gasteiger partial charge in [0.25, 0.3) is 5.91 Å². The van der Waals surface area contributed by atoms with E-state index < -0.39 is 18.6 Å². The predicted molar refractivity (Wildman–Crippen MR) is 108 cm³/mol. The fraction of sp³-hybridized carbons (Fsp3) is 0.143. The molecule has 0 aliphatic rings. The van der Waals surface area contributed by atoms with E-state index in [9.17, 15) is 9.90 Å². The van der Waals surface area contributed by atoms with E-state index >= 15 is 0 Å². The van der Waals surface area contributed by atoms with Crippen LogP contribution in [0.4, 0.5) is 5.69 Å². The number of aliphatic hydroxyl groups is 2. The van der Waals surface area contributed by atoms with Gasteiger partial charge in [-0.2, -0.15) is 0 Å². The summed E-state index contributed by atoms with van der Waals surface area (Å²) in [6, 6.07) is 16.2. The van der Waals surface area contributed by atoms with Crippen LogP contribution >= 0.6 is 0 Å². The Balaban J connectivity index is 1.64. The lowest BCUT2D eigenvalue weighted by Crippen LogP contribution is -2.14. The largest absolute Gasteiger partial charge is 0.393 e. The van der Waals surface area contributed by atoms with E-state index in [0.717, 1.165) is 16.6 Å². The van der Waals surface area contributed by atoms with Crippen molar-refractivity contribution in [3.05, 3.63) is 77.7 Å². The molecule has 8 nitrogen and oxygen atoms in total. The maximum absolute atomic E-state index is 12.7. The molecule has 0 unspecified atom stereocenters. The van der Waals surface area contributed by atoms with Gasteiger partial charge in [0.1, 0.15) is 6.10 Å². The van der Waals surface area contributed by atoms with Crippen LogP contribution in [0, 0.1) is 6.92 Å². The zero-order chi connectivity index (χ0) is 20.4. The van der Waals surface area contributed by atoms with Crippen LogP contribution < -0.4 is 5.32 Å². The molecule has 1 atom stereocenters. The third-order valence-electron chi connectivity index (χ3n) is 4.65. The summed E-state index contributed by atoms with van der Waals surface area (Å²) < 4.78 is 1.59. The highest BCUT2D eigenvalue weighted by Gasteiger charge is 2.19. The molecule has 2 heterocycles. The summed E-state index contributed by atoms with van der Waals surface area (Å²) in [6.07, 6.45) is 0.702. The first-order valence-electron chi connectivity index (χ1n) is 9.05. The minimum Gasteiger partial charge on any atom is -0.393 e. The first kappa shape index (κ1) is 18.7. The Labute approximate surface area is 166 Å². The number of para-hydroxylation sites is 1. The predicted octanol–water partition coefficient (Wildman–Crippen LogP) is 2.40. The van der Waals surface area contributed by atoms with E-state index in [0.29, 0.717) is 16.9 Å². The highest BCUT2D eigenvalue weighted by Crippen LogP contribution is 2.22. The number of nitrogens with zero attached hydrogens (tertiary/aromatic N) is 4. The molecule has 1 amide bonds. The van der Waals surface area contributed by atoms with Gasteiger partial charge in [-0.1, -0.05) is 35.5 Å². The molecular formula is C21H19N5O3. The van der Waals surface area contributed by atoms with E-state index in [1.54, 1.807) is 42.1 Å². The molecule has 0 radical (unpaired) electrons. The molecule has 146 valence electrons. The van der Waals surface area contributed by atoms with Gasteiger partial charge in [-0.05, 0) is 36.8 Å². The third kappa shape index (κ3) is 3.58. The molecule has 0 bridgehead atoms. The number of hydrogen-bond acceptors (Lipinski definition) is 6. The number of hydrogen-bond donors (Lipinski definition) is 3. The van der Waals surface area contributed by atoms with E-state index in [-0.39, 0.29) is 5.69 Å². The molecule has 0 aliphatic heterocycles. The Bertz CT molecular complexity index is 1180. The van der Waals surface area contributed by atoms with Crippen LogP contribution in [0.5, 0.6) is 0 Å². The number of carbonyl (C=O) groups is 1. The van der Waals surface area contributed by atoms with Crippen molar-refractivity contribution in [1.29, 1.82) is 0 Å². The Morgan fingerprint density at radius 2 is 1.97 bits per heavy atom. The average Bonchev–Trinajstić information content (AvgIpc) is 3.14. The van der Waals surface area contributed by atoms with Crippen LogP contribution in [0.3, 0.4) is 0 Å². The second-order valence-corrected chi connectivity index (χ2v) is 6.57. The summed E-state index contributed by atoms with van der Waals surface area (Å²) in [5, 5.41) is 30.8. The molecular weight excluding hydrogens is 370 g/mol. The van der Waals surface area contributed by atoms with Crippen molar-refractivity contribution in [2.45, 2.75) is 13.0 Å². The quantitative estimate of drug-likeness (QED) is 0.483. The molecule has 0 spiro atoms. The van der Waals surface area contributed by atoms with E-state index in [1.807, 2.05) is 30.3 Å². The van der Waals surface area contributed by atoms with E-state index in [4.69, 9.17) is 5.11 Å². The fourth-order valence-corrected chi connectivity index (χ4v) is 3.15. The standard InChI is InChI=1S/C21H19N5O3/c1-13-19(21(29)23-16-8-2-6-15(11-16)18(28)12-27)24-25-26(13)17-9-3-5-14-7-4-10-22-20(14)17/h2-11,18,27-28H,12H2,1H3,(H,23,29)/t18-/m0/s1. The number of aliphatic hydroxyl groups excluding tert-OH is 2. The van der Waals surface area contributed by atoms with Gasteiger partial charge < -0.3 is 15.5 Å². The lowest BCUT2D eigenvalue weighted by atomic mass is 10.1. The average molecular weight is 389 g/mol. The second-order valence-electron chi connectivity index (χ2n) is 6.57. The molecule has 2 aromatic carbocycles. The molecule has 29 heavy (non-hydrogen) atoms. The number of anilines is 1. The third-order valence-corrected chi connectivity index (χ3v) is 4.65. The van der Waals surface area contributed by atoms with Crippen LogP contribution in [0.1, 0.15) is 27.8 Å². The molecule has 0 fully saturated rings. The number of aromatic nitrogens is 4. The van der Waals surface area contributed by atoms with Gasteiger partial charge >= 0.3 is 0 Å². The van der Waals surface area contributed by atoms with E-state index in [1.165, 1.54) is 0 Å². The maximum Gasteiger partial charge on any atom is 0.278 e. The van der Waals surface area contributed by atoms with Gasteiger partial charge in [0.15, 0.2) is 5.69 Å². The van der Waals surface area contributed by atoms with Crippen LogP contribution in [0.25, 0.3) is 16.6 Å². The smallest absolute Gasteiger partial charge is 0.278 e. The van der Waals surface area contributed by atoms with Gasteiger partial charge in [0, 0.05) is 17.3 Å². The summed E-state index contributed by atoms with van der Waals surface area (Å²) in [6.45, 7) is 1.37. The molecule has 0 aliphatic carbocycles. The van der Waals surface area contributed by atoms with Crippen molar-refractivity contribution < 1.29 is 15.0 Å². The van der Waals surface area contributed by atoms with Crippen LogP contribution in [0.2, 0.25) is 0 Å². The molecule has 0 saturated heterocycles. The molecule has 4 aromatic rings. The lowest BCUT2D eigenvalue weighted by Gasteiger charge is -2.10. The SMILES string of the molecule is Cc1c(C(=O)Nc2cccc([C@@H](O)CO)c2)nnn1-c1cccc2cccnc12. The number of pyridine rings is 1. The van der Waals surface area contributed by atoms with Crippen molar-refractivity contribution in [1.82, 2.24) is 20.0 Å². The molecule has 2 aromatic heterocycles. The normalized spacial score (nSPS) is 12.1. The summed E-state index contributed by atoms with van der Waals surface area (Å²) in [7, 11) is 0. The molecule has 3 N–H and O–H groups in total. The van der Waals surface area contributed by atoms with Crippen molar-refractivity contribution in [3.63, 3.8) is 0 Å². The number of nitrogens with one attached hydrogen (secondary N) is 1. The van der Waals surface area contributed by atoms with Crippen molar-refractivity contribution >= 4 is 22.5 Å². The van der Waals surface area contributed by atoms with Gasteiger partial charge in [0.2, 0.25) is 0 Å². The van der Waals surface area contributed by atoms with Crippen LogP contribution in [-0.4, -0.2) is 42.7 Å². The summed E-state index contributed by atoms with van der Waals surface area (Å²) in [5.74, 6) is -0.419. The van der Waals surface area contributed by atoms with Crippen LogP contribution in [0.15, 0.2) is 60.8 Å². The number of amides is 1. The van der Waals surface area contributed by atoms with Gasteiger partial charge in [-0.3, -0.25) is 9.78 Å². The number of rotatable bonds is 5. The minimum atomic E-state index is -1.01. The molecule has 4 rings (SSSR count). The molecule has 0 saturated carbocycles. The molecule has 8 heteroatoms. The van der Waals surface area contributed by atoms with Crippen molar-refractivity contribution in [3.8, 4) is 5.69 Å². The highest BCUT2D eigenvalue weighted by molar-refractivity contribution is 6.03. The minimum absolute atomic E-state index is 0.186. The zero-order valence-corrected chi connectivity index (χ0v) is 15.6. The highest BCUT2D eigenvalue weighted by atomic mass is 16.3. The maximum atomic E-state index is 12.7. The van der Waals surface area contributed by atoms with Gasteiger partial charge in [0.05, 0.1) is 23.5 Å². The monoisotopic (exact) mass is 389 g/mol.